The first kappa shape index (κ1) is 14.2. The molecule has 0 aliphatic carbocycles. The van der Waals surface area contributed by atoms with E-state index in [0.717, 1.165) is 23.8 Å². The van der Waals surface area contributed by atoms with Crippen molar-refractivity contribution < 1.29 is 9.90 Å². The molecular formula is C14H19NO3. The Morgan fingerprint density at radius 2 is 2.11 bits per heavy atom. The summed E-state index contributed by atoms with van der Waals surface area (Å²) in [5.74, 6) is -1.05. The first-order valence-corrected chi connectivity index (χ1v) is 6.02. The minimum Gasteiger partial charge on any atom is -0.478 e. The fourth-order valence-corrected chi connectivity index (χ4v) is 2.01. The summed E-state index contributed by atoms with van der Waals surface area (Å²) in [6, 6.07) is 2.02. The van der Waals surface area contributed by atoms with E-state index in [9.17, 15) is 9.59 Å². The Kier molecular flexibility index (Phi) is 4.48. The average Bonchev–Trinajstić information content (AvgIpc) is 2.27. The molecule has 0 radical (unpaired) electrons. The Labute approximate surface area is 107 Å². The fraction of sp³-hybridized carbons (Fsp3) is 0.429. The molecule has 1 N–H and O–H groups in total. The minimum absolute atomic E-state index is 0.107. The first-order valence-electron chi connectivity index (χ1n) is 6.02. The van der Waals surface area contributed by atoms with Crippen LogP contribution in [0.15, 0.2) is 16.9 Å². The molecule has 0 saturated carbocycles. The van der Waals surface area contributed by atoms with Gasteiger partial charge in [-0.25, -0.2) is 4.79 Å². The number of carboxylic acids is 1. The summed E-state index contributed by atoms with van der Waals surface area (Å²) in [4.78, 5) is 22.9. The van der Waals surface area contributed by atoms with Gasteiger partial charge in [0.15, 0.2) is 0 Å². The van der Waals surface area contributed by atoms with Gasteiger partial charge in [-0.15, -0.1) is 0 Å². The zero-order chi connectivity index (χ0) is 13.9. The number of aromatic nitrogens is 1. The third kappa shape index (κ3) is 2.88. The van der Waals surface area contributed by atoms with Crippen molar-refractivity contribution in [2.45, 2.75) is 40.2 Å². The lowest BCUT2D eigenvalue weighted by atomic mass is 10.1. The van der Waals surface area contributed by atoms with Crippen molar-refractivity contribution in [1.29, 1.82) is 0 Å². The second-order valence-corrected chi connectivity index (χ2v) is 4.49. The zero-order valence-electron chi connectivity index (χ0n) is 11.2. The number of pyridine rings is 1. The van der Waals surface area contributed by atoms with Gasteiger partial charge in [-0.05, 0) is 44.9 Å². The summed E-state index contributed by atoms with van der Waals surface area (Å²) in [5.41, 5.74) is 2.02. The molecule has 0 amide bonds. The quantitative estimate of drug-likeness (QED) is 0.834. The minimum atomic E-state index is -1.05. The summed E-state index contributed by atoms with van der Waals surface area (Å²) in [6.45, 7) is 7.71. The second kappa shape index (κ2) is 5.67. The molecule has 1 heterocycles. The van der Waals surface area contributed by atoms with Crippen molar-refractivity contribution in [2.24, 2.45) is 0 Å². The third-order valence-electron chi connectivity index (χ3n) is 3.10. The van der Waals surface area contributed by atoms with Gasteiger partial charge in [0.2, 0.25) is 0 Å². The number of aryl methyl sites for hydroxylation is 2. The van der Waals surface area contributed by atoms with Crippen LogP contribution in [-0.4, -0.2) is 15.6 Å². The summed E-state index contributed by atoms with van der Waals surface area (Å²) >= 11 is 0. The van der Waals surface area contributed by atoms with Crippen LogP contribution in [0.5, 0.6) is 0 Å². The van der Waals surface area contributed by atoms with E-state index in [4.69, 9.17) is 5.11 Å². The number of carbonyl (C=O) groups is 1. The van der Waals surface area contributed by atoms with Crippen molar-refractivity contribution in [1.82, 2.24) is 4.57 Å². The predicted octanol–water partition coefficient (Wildman–Crippen LogP) is 2.53. The van der Waals surface area contributed by atoms with Crippen LogP contribution in [0.1, 0.15) is 43.1 Å². The monoisotopic (exact) mass is 249 g/mol. The van der Waals surface area contributed by atoms with Crippen LogP contribution < -0.4 is 5.56 Å². The van der Waals surface area contributed by atoms with E-state index in [1.54, 1.807) is 4.57 Å². The lowest BCUT2D eigenvalue weighted by molar-refractivity contribution is -0.131. The SMILES string of the molecule is CCC(C)n1c(C)cc(C)c(/C=C/C(=O)O)c1=O. The van der Waals surface area contributed by atoms with Gasteiger partial charge in [0.1, 0.15) is 0 Å². The van der Waals surface area contributed by atoms with E-state index in [1.807, 2.05) is 33.8 Å². The molecule has 0 bridgehead atoms. The Morgan fingerprint density at radius 3 is 2.61 bits per heavy atom. The topological polar surface area (TPSA) is 59.3 Å². The first-order chi connectivity index (χ1) is 8.38. The number of carboxylic acid groups (broad SMARTS) is 1. The number of nitrogens with zero attached hydrogens (tertiary/aromatic N) is 1. The van der Waals surface area contributed by atoms with Crippen LogP contribution in [0.25, 0.3) is 6.08 Å². The molecule has 0 aliphatic rings. The van der Waals surface area contributed by atoms with Gasteiger partial charge < -0.3 is 9.67 Å². The van der Waals surface area contributed by atoms with Crippen LogP contribution in [0.4, 0.5) is 0 Å². The van der Waals surface area contributed by atoms with Crippen molar-refractivity contribution in [3.63, 3.8) is 0 Å². The summed E-state index contributed by atoms with van der Waals surface area (Å²) < 4.78 is 1.72. The highest BCUT2D eigenvalue weighted by molar-refractivity contribution is 5.85. The highest BCUT2D eigenvalue weighted by atomic mass is 16.4. The normalized spacial score (nSPS) is 12.9. The van der Waals surface area contributed by atoms with E-state index in [0.29, 0.717) is 5.56 Å². The molecule has 4 heteroatoms. The molecule has 1 aromatic heterocycles. The van der Waals surface area contributed by atoms with Crippen LogP contribution >= 0.6 is 0 Å². The van der Waals surface area contributed by atoms with Gasteiger partial charge in [-0.3, -0.25) is 4.79 Å². The Balaban J connectivity index is 3.45. The fourth-order valence-electron chi connectivity index (χ4n) is 2.01. The molecule has 0 saturated heterocycles. The second-order valence-electron chi connectivity index (χ2n) is 4.49. The van der Waals surface area contributed by atoms with Crippen molar-refractivity contribution in [3.8, 4) is 0 Å². The lowest BCUT2D eigenvalue weighted by Gasteiger charge is -2.18. The van der Waals surface area contributed by atoms with Crippen LogP contribution in [0.3, 0.4) is 0 Å². The number of aliphatic carboxylic acids is 1. The maximum atomic E-state index is 12.3. The molecule has 0 aromatic carbocycles. The van der Waals surface area contributed by atoms with Crippen LogP contribution in [0, 0.1) is 13.8 Å². The highest BCUT2D eigenvalue weighted by Crippen LogP contribution is 2.14. The number of hydrogen-bond donors (Lipinski definition) is 1. The van der Waals surface area contributed by atoms with Crippen LogP contribution in [-0.2, 0) is 4.79 Å². The molecule has 1 aromatic rings. The average molecular weight is 249 g/mol. The smallest absolute Gasteiger partial charge is 0.328 e. The molecule has 1 unspecified atom stereocenters. The van der Waals surface area contributed by atoms with Gasteiger partial charge in [0.05, 0.1) is 0 Å². The van der Waals surface area contributed by atoms with Crippen molar-refractivity contribution >= 4 is 12.0 Å². The molecule has 18 heavy (non-hydrogen) atoms. The Hall–Kier alpha value is -1.84. The van der Waals surface area contributed by atoms with E-state index >= 15 is 0 Å². The van der Waals surface area contributed by atoms with E-state index in [1.165, 1.54) is 6.08 Å². The Morgan fingerprint density at radius 1 is 1.50 bits per heavy atom. The van der Waals surface area contributed by atoms with Crippen LogP contribution in [0.2, 0.25) is 0 Å². The number of hydrogen-bond acceptors (Lipinski definition) is 2. The molecule has 1 atom stereocenters. The molecule has 4 nitrogen and oxygen atoms in total. The predicted molar refractivity (Wildman–Crippen MR) is 71.8 cm³/mol. The van der Waals surface area contributed by atoms with Gasteiger partial charge in [0.25, 0.3) is 5.56 Å². The highest BCUT2D eigenvalue weighted by Gasteiger charge is 2.12. The molecule has 1 rings (SSSR count). The maximum absolute atomic E-state index is 12.3. The summed E-state index contributed by atoms with van der Waals surface area (Å²) in [6.07, 6.45) is 3.23. The van der Waals surface area contributed by atoms with Gasteiger partial charge in [-0.2, -0.15) is 0 Å². The van der Waals surface area contributed by atoms with Crippen molar-refractivity contribution in [2.75, 3.05) is 0 Å². The van der Waals surface area contributed by atoms with Gasteiger partial charge in [0, 0.05) is 23.4 Å². The van der Waals surface area contributed by atoms with E-state index in [2.05, 4.69) is 0 Å². The van der Waals surface area contributed by atoms with Crippen molar-refractivity contribution in [3.05, 3.63) is 39.3 Å². The molecule has 98 valence electrons. The molecule has 0 spiro atoms. The summed E-state index contributed by atoms with van der Waals surface area (Å²) in [7, 11) is 0. The summed E-state index contributed by atoms with van der Waals surface area (Å²) in [5, 5.41) is 8.64. The van der Waals surface area contributed by atoms with E-state index < -0.39 is 5.97 Å². The largest absolute Gasteiger partial charge is 0.478 e. The molecule has 0 aliphatic heterocycles. The molecular weight excluding hydrogens is 230 g/mol. The number of rotatable bonds is 4. The Bertz CT molecular complexity index is 541. The standard InChI is InChI=1S/C14H19NO3/c1-5-10(3)15-11(4)8-9(2)12(14(15)18)6-7-13(16)17/h6-8,10H,5H2,1-4H3,(H,16,17)/b7-6+. The van der Waals surface area contributed by atoms with Gasteiger partial charge in [-0.1, -0.05) is 6.92 Å². The zero-order valence-corrected chi connectivity index (χ0v) is 11.2. The van der Waals surface area contributed by atoms with E-state index in [-0.39, 0.29) is 11.6 Å². The molecule has 0 fully saturated rings. The van der Waals surface area contributed by atoms with Gasteiger partial charge >= 0.3 is 5.97 Å². The lowest BCUT2D eigenvalue weighted by Crippen LogP contribution is -2.27. The maximum Gasteiger partial charge on any atom is 0.328 e. The third-order valence-corrected chi connectivity index (χ3v) is 3.10.